The third kappa shape index (κ3) is 3.94. The van der Waals surface area contributed by atoms with Gasteiger partial charge in [-0.2, -0.15) is 0 Å². The molecule has 3 N–H and O–H groups in total. The van der Waals surface area contributed by atoms with Crippen molar-refractivity contribution in [2.45, 2.75) is 11.4 Å². The van der Waals surface area contributed by atoms with Gasteiger partial charge in [0.1, 0.15) is 10.7 Å². The van der Waals surface area contributed by atoms with Gasteiger partial charge in [-0.15, -0.1) is 0 Å². The quantitative estimate of drug-likeness (QED) is 0.783. The van der Waals surface area contributed by atoms with Crippen molar-refractivity contribution in [3.05, 3.63) is 57.3 Å². The number of halogens is 3. The van der Waals surface area contributed by atoms with Crippen molar-refractivity contribution in [1.82, 2.24) is 4.72 Å². The molecule has 0 bridgehead atoms. The summed E-state index contributed by atoms with van der Waals surface area (Å²) < 4.78 is 40.9. The minimum Gasteiger partial charge on any atom is -0.398 e. The Morgan fingerprint density at radius 3 is 2.67 bits per heavy atom. The summed E-state index contributed by atoms with van der Waals surface area (Å²) in [5.41, 5.74) is 5.93. The largest absolute Gasteiger partial charge is 0.398 e. The summed E-state index contributed by atoms with van der Waals surface area (Å²) in [6.07, 6.45) is 0. The third-order valence-corrected chi connectivity index (χ3v) is 4.91. The predicted octanol–water partition coefficient (Wildman–Crippen LogP) is 3.30. The van der Waals surface area contributed by atoms with E-state index in [0.29, 0.717) is 4.47 Å². The van der Waals surface area contributed by atoms with Gasteiger partial charge in [0.2, 0.25) is 10.0 Å². The Bertz CT molecular complexity index is 784. The zero-order valence-electron chi connectivity index (χ0n) is 10.6. The summed E-state index contributed by atoms with van der Waals surface area (Å²) in [5.74, 6) is -0.500. The van der Waals surface area contributed by atoms with Gasteiger partial charge < -0.3 is 5.73 Å². The average Bonchev–Trinajstić information content (AvgIpc) is 2.42. The topological polar surface area (TPSA) is 72.2 Å². The lowest BCUT2D eigenvalue weighted by Crippen LogP contribution is -2.24. The molecule has 4 nitrogen and oxygen atoms in total. The molecule has 0 atom stereocenters. The molecule has 2 aromatic carbocycles. The maximum atomic E-state index is 13.6. The number of sulfonamides is 1. The van der Waals surface area contributed by atoms with Crippen LogP contribution in [0.5, 0.6) is 0 Å². The van der Waals surface area contributed by atoms with Crippen LogP contribution in [0.25, 0.3) is 0 Å². The molecular formula is C13H11BrClFN2O2S. The van der Waals surface area contributed by atoms with Gasteiger partial charge in [0.25, 0.3) is 0 Å². The zero-order chi connectivity index (χ0) is 15.6. The fourth-order valence-electron chi connectivity index (χ4n) is 1.67. The maximum Gasteiger partial charge on any atom is 0.242 e. The van der Waals surface area contributed by atoms with Gasteiger partial charge >= 0.3 is 0 Å². The first-order valence-corrected chi connectivity index (χ1v) is 8.43. The minimum absolute atomic E-state index is 0.0709. The number of benzene rings is 2. The smallest absolute Gasteiger partial charge is 0.242 e. The Morgan fingerprint density at radius 2 is 1.95 bits per heavy atom. The van der Waals surface area contributed by atoms with Crippen molar-refractivity contribution in [1.29, 1.82) is 0 Å². The van der Waals surface area contributed by atoms with Gasteiger partial charge in [-0.1, -0.05) is 27.5 Å². The molecule has 0 amide bonds. The van der Waals surface area contributed by atoms with Crippen molar-refractivity contribution < 1.29 is 12.8 Å². The average molecular weight is 394 g/mol. The van der Waals surface area contributed by atoms with E-state index < -0.39 is 15.8 Å². The molecule has 0 unspecified atom stereocenters. The second kappa shape index (κ2) is 6.31. The zero-order valence-corrected chi connectivity index (χ0v) is 13.8. The highest BCUT2D eigenvalue weighted by Crippen LogP contribution is 2.23. The Morgan fingerprint density at radius 1 is 1.24 bits per heavy atom. The Labute approximate surface area is 135 Å². The van der Waals surface area contributed by atoms with E-state index in [1.54, 1.807) is 0 Å². The SMILES string of the molecule is Nc1ccc(Cl)cc1S(=O)(=O)NCc1cc(Br)ccc1F. The van der Waals surface area contributed by atoms with Crippen molar-refractivity contribution in [2.24, 2.45) is 0 Å². The molecule has 0 radical (unpaired) electrons. The summed E-state index contributed by atoms with van der Waals surface area (Å²) >= 11 is 8.97. The van der Waals surface area contributed by atoms with Crippen LogP contribution in [0.4, 0.5) is 10.1 Å². The molecule has 0 aromatic heterocycles. The van der Waals surface area contributed by atoms with E-state index in [1.807, 2.05) is 0 Å². The first-order valence-electron chi connectivity index (χ1n) is 5.78. The maximum absolute atomic E-state index is 13.6. The van der Waals surface area contributed by atoms with E-state index in [2.05, 4.69) is 20.7 Å². The Kier molecular flexibility index (Phi) is 4.88. The van der Waals surface area contributed by atoms with E-state index >= 15 is 0 Å². The first kappa shape index (κ1) is 16.2. The second-order valence-electron chi connectivity index (χ2n) is 4.24. The lowest BCUT2D eigenvalue weighted by molar-refractivity contribution is 0.574. The summed E-state index contributed by atoms with van der Waals surface area (Å²) in [6, 6.07) is 8.42. The number of nitrogens with two attached hydrogens (primary N) is 1. The second-order valence-corrected chi connectivity index (χ2v) is 7.33. The number of rotatable bonds is 4. The molecule has 0 heterocycles. The highest BCUT2D eigenvalue weighted by atomic mass is 79.9. The number of anilines is 1. The van der Waals surface area contributed by atoms with Crippen LogP contribution in [0.15, 0.2) is 45.8 Å². The van der Waals surface area contributed by atoms with E-state index in [0.717, 1.165) is 0 Å². The fourth-order valence-corrected chi connectivity index (χ4v) is 3.48. The van der Waals surface area contributed by atoms with Crippen LogP contribution in [0.2, 0.25) is 5.02 Å². The van der Waals surface area contributed by atoms with Crippen LogP contribution in [-0.2, 0) is 16.6 Å². The molecule has 0 saturated heterocycles. The molecule has 0 aliphatic carbocycles. The molecule has 0 fully saturated rings. The lowest BCUT2D eigenvalue weighted by Gasteiger charge is -2.10. The summed E-state index contributed by atoms with van der Waals surface area (Å²) in [4.78, 5) is -0.134. The lowest BCUT2D eigenvalue weighted by atomic mass is 10.2. The summed E-state index contributed by atoms with van der Waals surface area (Å²) in [7, 11) is -3.88. The molecule has 112 valence electrons. The molecule has 21 heavy (non-hydrogen) atoms. The van der Waals surface area contributed by atoms with Crippen LogP contribution >= 0.6 is 27.5 Å². The van der Waals surface area contributed by atoms with Crippen molar-refractivity contribution >= 4 is 43.2 Å². The van der Waals surface area contributed by atoms with E-state index in [1.165, 1.54) is 36.4 Å². The molecule has 0 saturated carbocycles. The van der Waals surface area contributed by atoms with E-state index in [4.69, 9.17) is 17.3 Å². The monoisotopic (exact) mass is 392 g/mol. The highest BCUT2D eigenvalue weighted by Gasteiger charge is 2.18. The molecule has 2 aromatic rings. The van der Waals surface area contributed by atoms with Crippen LogP contribution in [-0.4, -0.2) is 8.42 Å². The number of nitrogens with one attached hydrogen (secondary N) is 1. The molecule has 8 heteroatoms. The van der Waals surface area contributed by atoms with Gasteiger partial charge in [-0.25, -0.2) is 17.5 Å². The Balaban J connectivity index is 2.26. The number of hydrogen-bond donors (Lipinski definition) is 2. The summed E-state index contributed by atoms with van der Waals surface area (Å²) in [6.45, 7) is -0.195. The highest BCUT2D eigenvalue weighted by molar-refractivity contribution is 9.10. The normalized spacial score (nSPS) is 11.6. The minimum atomic E-state index is -3.88. The number of nitrogen functional groups attached to an aromatic ring is 1. The predicted molar refractivity (Wildman–Crippen MR) is 84.0 cm³/mol. The van der Waals surface area contributed by atoms with Gasteiger partial charge in [0.05, 0.1) is 5.69 Å². The van der Waals surface area contributed by atoms with E-state index in [-0.39, 0.29) is 27.7 Å². The van der Waals surface area contributed by atoms with Crippen molar-refractivity contribution in [3.8, 4) is 0 Å². The van der Waals surface area contributed by atoms with Crippen LogP contribution in [0.3, 0.4) is 0 Å². The first-order chi connectivity index (χ1) is 9.79. The molecule has 0 aliphatic rings. The van der Waals surface area contributed by atoms with Crippen LogP contribution in [0.1, 0.15) is 5.56 Å². The van der Waals surface area contributed by atoms with Gasteiger partial charge in [0.15, 0.2) is 0 Å². The van der Waals surface area contributed by atoms with Crippen LogP contribution < -0.4 is 10.5 Å². The molecular weight excluding hydrogens is 383 g/mol. The standard InChI is InChI=1S/C13H11BrClFN2O2S/c14-9-1-3-11(16)8(5-9)7-18-21(19,20)13-6-10(15)2-4-12(13)17/h1-6,18H,7,17H2. The van der Waals surface area contributed by atoms with E-state index in [9.17, 15) is 12.8 Å². The fraction of sp³-hybridized carbons (Fsp3) is 0.0769. The van der Waals surface area contributed by atoms with Gasteiger partial charge in [0, 0.05) is 21.6 Å². The Hall–Kier alpha value is -1.15. The van der Waals surface area contributed by atoms with Crippen LogP contribution in [0, 0.1) is 5.82 Å². The number of hydrogen-bond acceptors (Lipinski definition) is 3. The van der Waals surface area contributed by atoms with Gasteiger partial charge in [-0.05, 0) is 36.4 Å². The van der Waals surface area contributed by atoms with Gasteiger partial charge in [-0.3, -0.25) is 0 Å². The third-order valence-electron chi connectivity index (χ3n) is 2.73. The summed E-state index contributed by atoms with van der Waals surface area (Å²) in [5, 5.41) is 0.248. The molecule has 0 spiro atoms. The van der Waals surface area contributed by atoms with Crippen molar-refractivity contribution in [3.63, 3.8) is 0 Å². The van der Waals surface area contributed by atoms with Crippen molar-refractivity contribution in [2.75, 3.05) is 5.73 Å². The molecule has 2 rings (SSSR count). The molecule has 0 aliphatic heterocycles.